The fraction of sp³-hybridized carbons (Fsp3) is 0.872. The fourth-order valence-corrected chi connectivity index (χ4v) is 7.98. The van der Waals surface area contributed by atoms with Crippen LogP contribution in [-0.4, -0.2) is 96.0 Å². The first kappa shape index (κ1) is 56.1. The Labute approximate surface area is 364 Å². The molecule has 352 valence electrons. The van der Waals surface area contributed by atoms with Gasteiger partial charge in [0.1, 0.15) is 36.8 Å². The maximum Gasteiger partial charge on any atom is 0.306 e. The largest absolute Gasteiger partial charge is 0.462 e. The molecule has 0 saturated carbocycles. The smallest absolute Gasteiger partial charge is 0.306 e. The minimum atomic E-state index is -4.60. The Kier molecular flexibility index (Phi) is 35.2. The van der Waals surface area contributed by atoms with Gasteiger partial charge in [0.15, 0.2) is 12.4 Å². The number of allylic oxidation sites excluding steroid dienone is 4. The Hall–Kier alpha value is -1.87. The van der Waals surface area contributed by atoms with Crippen molar-refractivity contribution in [3.63, 3.8) is 0 Å². The molecule has 13 heteroatoms. The van der Waals surface area contributed by atoms with Crippen molar-refractivity contribution in [3.8, 4) is 0 Å². The van der Waals surface area contributed by atoms with Gasteiger partial charge < -0.3 is 34.3 Å². The van der Waals surface area contributed by atoms with Crippen molar-refractivity contribution in [2.45, 2.75) is 243 Å². The lowest BCUT2D eigenvalue weighted by molar-refractivity contribution is -0.297. The summed E-state index contributed by atoms with van der Waals surface area (Å²) in [5.74, 6) is -2.03. The van der Waals surface area contributed by atoms with E-state index in [2.05, 4.69) is 38.2 Å². The van der Waals surface area contributed by atoms with Crippen molar-refractivity contribution in [1.29, 1.82) is 0 Å². The first-order chi connectivity index (χ1) is 29.0. The second-order valence-corrected chi connectivity index (χ2v) is 18.3. The summed E-state index contributed by atoms with van der Waals surface area (Å²) in [5, 5.41) is 30.8. The summed E-state index contributed by atoms with van der Waals surface area (Å²) in [6, 6.07) is 0. The Morgan fingerprint density at radius 2 is 0.983 bits per heavy atom. The van der Waals surface area contributed by atoms with Crippen LogP contribution in [0.15, 0.2) is 24.3 Å². The zero-order valence-electron chi connectivity index (χ0n) is 37.6. The molecule has 4 N–H and O–H groups in total. The average Bonchev–Trinajstić information content (AvgIpc) is 3.21. The third-order valence-corrected chi connectivity index (χ3v) is 11.8. The minimum Gasteiger partial charge on any atom is -0.462 e. The number of hydrogen-bond acceptors (Lipinski definition) is 11. The van der Waals surface area contributed by atoms with Gasteiger partial charge in [-0.3, -0.25) is 14.1 Å². The minimum absolute atomic E-state index is 0.159. The third-order valence-electron chi connectivity index (χ3n) is 11.0. The van der Waals surface area contributed by atoms with Crippen molar-refractivity contribution in [2.24, 2.45) is 0 Å². The van der Waals surface area contributed by atoms with E-state index in [0.717, 1.165) is 38.5 Å². The zero-order chi connectivity index (χ0) is 44.1. The predicted molar refractivity (Wildman–Crippen MR) is 238 cm³/mol. The van der Waals surface area contributed by atoms with Crippen molar-refractivity contribution < 1.29 is 56.8 Å². The molecule has 1 saturated heterocycles. The first-order valence-corrected chi connectivity index (χ1v) is 25.5. The van der Waals surface area contributed by atoms with Gasteiger partial charge in [-0.05, 0) is 44.9 Å². The van der Waals surface area contributed by atoms with Crippen molar-refractivity contribution in [2.75, 3.05) is 19.0 Å². The summed E-state index contributed by atoms with van der Waals surface area (Å²) in [5.41, 5.74) is 0. The van der Waals surface area contributed by atoms with E-state index in [1.54, 1.807) is 0 Å². The molecule has 0 spiro atoms. The number of carbonyl (C=O) groups is 2. The summed E-state index contributed by atoms with van der Waals surface area (Å²) >= 11 is 0. The van der Waals surface area contributed by atoms with Crippen LogP contribution in [0.3, 0.4) is 0 Å². The molecule has 12 nitrogen and oxygen atoms in total. The van der Waals surface area contributed by atoms with Crippen molar-refractivity contribution >= 4 is 22.1 Å². The highest BCUT2D eigenvalue weighted by atomic mass is 32.2. The lowest BCUT2D eigenvalue weighted by atomic mass is 10.00. The first-order valence-electron chi connectivity index (χ1n) is 23.9. The highest BCUT2D eigenvalue weighted by Gasteiger charge is 2.46. The second-order valence-electron chi connectivity index (χ2n) is 16.8. The van der Waals surface area contributed by atoms with Gasteiger partial charge in [0.2, 0.25) is 0 Å². The molecular formula is C47H86O12S. The number of aliphatic hydroxyl groups is 3. The molecule has 0 aromatic heterocycles. The topological polar surface area (TPSA) is 186 Å². The number of esters is 2. The molecule has 1 aliphatic heterocycles. The molecule has 0 amide bonds. The van der Waals surface area contributed by atoms with Gasteiger partial charge in [-0.15, -0.1) is 0 Å². The Bertz CT molecular complexity index is 1210. The standard InChI is InChI=1S/C47H86O12S/c1-3-5-7-9-11-13-14-15-16-17-18-19-20-21-22-23-24-25-26-28-29-31-33-35-42(48)56-37-40(58-43(49)36-34-32-30-27-12-10-8-6-4-2)38-57-47-46(52)45(51)44(50)41(59-47)39-60(53,54)55/h23-24,28-29,40-41,44-47,50-52H,3-22,25-27,30-39H2,1-2H3,(H,53,54,55)/b24-23+,29-28+/t40-,41-,44-,45?,46?,47+/m1/s1. The number of rotatable bonds is 40. The molecule has 60 heavy (non-hydrogen) atoms. The van der Waals surface area contributed by atoms with E-state index in [1.807, 2.05) is 0 Å². The maximum absolute atomic E-state index is 12.7. The van der Waals surface area contributed by atoms with Crippen LogP contribution in [0.25, 0.3) is 0 Å². The number of carbonyl (C=O) groups excluding carboxylic acids is 2. The van der Waals surface area contributed by atoms with Crippen LogP contribution in [0.2, 0.25) is 0 Å². The van der Waals surface area contributed by atoms with E-state index in [-0.39, 0.29) is 19.4 Å². The van der Waals surface area contributed by atoms with Gasteiger partial charge in [-0.25, -0.2) is 0 Å². The van der Waals surface area contributed by atoms with E-state index in [0.29, 0.717) is 19.3 Å². The van der Waals surface area contributed by atoms with Gasteiger partial charge in [-0.2, -0.15) is 8.42 Å². The summed E-state index contributed by atoms with van der Waals surface area (Å²) in [6.07, 6.45) is 32.6. The van der Waals surface area contributed by atoms with E-state index < -0.39 is 71.2 Å². The number of unbranched alkanes of at least 4 members (excludes halogenated alkanes) is 24. The molecule has 0 aliphatic carbocycles. The van der Waals surface area contributed by atoms with Crippen LogP contribution in [0.4, 0.5) is 0 Å². The summed E-state index contributed by atoms with van der Waals surface area (Å²) in [7, 11) is -4.60. The molecule has 1 fully saturated rings. The predicted octanol–water partition coefficient (Wildman–Crippen LogP) is 10.0. The Morgan fingerprint density at radius 3 is 1.48 bits per heavy atom. The molecule has 1 rings (SSSR count). The second kappa shape index (κ2) is 37.7. The van der Waals surface area contributed by atoms with Crippen LogP contribution < -0.4 is 0 Å². The van der Waals surface area contributed by atoms with Gasteiger partial charge in [-0.1, -0.05) is 173 Å². The molecule has 0 aromatic rings. The number of hydrogen-bond donors (Lipinski definition) is 4. The maximum atomic E-state index is 12.7. The highest BCUT2D eigenvalue weighted by Crippen LogP contribution is 2.24. The summed E-state index contributed by atoms with van der Waals surface area (Å²) in [6.45, 7) is 3.71. The lowest BCUT2D eigenvalue weighted by Crippen LogP contribution is -2.60. The molecule has 6 atom stereocenters. The highest BCUT2D eigenvalue weighted by molar-refractivity contribution is 7.85. The number of aliphatic hydroxyl groups excluding tert-OH is 3. The van der Waals surface area contributed by atoms with E-state index in [9.17, 15) is 37.9 Å². The summed E-state index contributed by atoms with van der Waals surface area (Å²) < 4.78 is 53.9. The van der Waals surface area contributed by atoms with E-state index >= 15 is 0 Å². The monoisotopic (exact) mass is 875 g/mol. The van der Waals surface area contributed by atoms with E-state index in [1.165, 1.54) is 122 Å². The molecule has 1 heterocycles. The molecular weight excluding hydrogens is 789 g/mol. The van der Waals surface area contributed by atoms with Crippen LogP contribution in [0.1, 0.15) is 206 Å². The van der Waals surface area contributed by atoms with Crippen LogP contribution >= 0.6 is 0 Å². The van der Waals surface area contributed by atoms with Crippen molar-refractivity contribution in [1.82, 2.24) is 0 Å². The van der Waals surface area contributed by atoms with Crippen molar-refractivity contribution in [3.05, 3.63) is 24.3 Å². The fourth-order valence-electron chi connectivity index (χ4n) is 7.29. The zero-order valence-corrected chi connectivity index (χ0v) is 38.4. The summed E-state index contributed by atoms with van der Waals surface area (Å²) in [4.78, 5) is 25.3. The molecule has 0 radical (unpaired) electrons. The number of ether oxygens (including phenoxy) is 4. The van der Waals surface area contributed by atoms with Gasteiger partial charge in [0, 0.05) is 12.8 Å². The molecule has 1 aliphatic rings. The molecule has 0 bridgehead atoms. The van der Waals surface area contributed by atoms with Crippen LogP contribution in [-0.2, 0) is 38.7 Å². The Morgan fingerprint density at radius 1 is 0.550 bits per heavy atom. The SMILES string of the molecule is CCCCCCCCCCCCCCCC/C=C/CC/C=C/CCCC(=O)OC[C@H](CO[C@H]1O[C@H](CS(=O)(=O)O)[C@@H](O)C(O)C1O)OC(=O)CCCCCCCCCCC. The quantitative estimate of drug-likeness (QED) is 0.0198. The molecule has 2 unspecified atom stereocenters. The van der Waals surface area contributed by atoms with Gasteiger partial charge >= 0.3 is 11.9 Å². The van der Waals surface area contributed by atoms with Crippen LogP contribution in [0.5, 0.6) is 0 Å². The van der Waals surface area contributed by atoms with Crippen LogP contribution in [0, 0.1) is 0 Å². The average molecular weight is 875 g/mol. The van der Waals surface area contributed by atoms with E-state index in [4.69, 9.17) is 18.9 Å². The van der Waals surface area contributed by atoms with Gasteiger partial charge in [0.25, 0.3) is 10.1 Å². The third kappa shape index (κ3) is 31.9. The normalized spacial score (nSPS) is 20.3. The lowest BCUT2D eigenvalue weighted by Gasteiger charge is -2.40. The van der Waals surface area contributed by atoms with Gasteiger partial charge in [0.05, 0.1) is 6.61 Å². The molecule has 0 aromatic carbocycles. The Balaban J connectivity index is 2.35.